The van der Waals surface area contributed by atoms with Gasteiger partial charge in [0.1, 0.15) is 0 Å². The second kappa shape index (κ2) is 16.1. The zero-order valence-corrected chi connectivity index (χ0v) is 22.7. The fourth-order valence-electron chi connectivity index (χ4n) is 3.64. The molecule has 180 valence electrons. The zero-order chi connectivity index (χ0) is 26.4. The molecule has 3 aromatic rings. The van der Waals surface area contributed by atoms with Crippen LogP contribution < -0.4 is 0 Å². The molecule has 0 aliphatic heterocycles. The van der Waals surface area contributed by atoms with E-state index in [1.807, 2.05) is 33.8 Å². The van der Waals surface area contributed by atoms with Crippen molar-refractivity contribution in [2.24, 2.45) is 0 Å². The molecule has 1 unspecified atom stereocenters. The summed E-state index contributed by atoms with van der Waals surface area (Å²) in [7, 11) is -1.26. The first kappa shape index (κ1) is 31.3. The number of rotatable bonds is 5. The third-order valence-electron chi connectivity index (χ3n) is 4.82. The van der Waals surface area contributed by atoms with Crippen LogP contribution in [-0.2, 0) is 28.5 Å². The molecule has 0 aliphatic carbocycles. The monoisotopic (exact) mass is 548 g/mol. The molecule has 1 N–H and O–H groups in total. The zero-order valence-electron chi connectivity index (χ0n) is 20.7. The SMILES string of the molecule is C/C=C/C(O)C[C]#[Mo+].Cc1cc(C)n([BH-](n2nc(C)cc2C)n2nc(C)cc2C)n1.[C-]#[O+].[C-]#[O+]. The van der Waals surface area contributed by atoms with Gasteiger partial charge in [-0.2, -0.15) is 0 Å². The average Bonchev–Trinajstić information content (AvgIpc) is 3.42. The first-order chi connectivity index (χ1) is 16.2. The van der Waals surface area contributed by atoms with Crippen LogP contribution in [-0.4, -0.2) is 47.4 Å². The molecule has 0 fully saturated rings. The second-order valence-electron chi connectivity index (χ2n) is 7.65. The number of nitrogens with zero attached hydrogens (tertiary/aromatic N) is 6. The summed E-state index contributed by atoms with van der Waals surface area (Å²) < 4.78 is 24.1. The van der Waals surface area contributed by atoms with Gasteiger partial charge < -0.3 is 13.8 Å². The van der Waals surface area contributed by atoms with Gasteiger partial charge in [0.05, 0.1) is 17.1 Å². The summed E-state index contributed by atoms with van der Waals surface area (Å²) in [6.45, 7) is 23.2. The van der Waals surface area contributed by atoms with Gasteiger partial charge in [-0.1, -0.05) is 0 Å². The van der Waals surface area contributed by atoms with E-state index in [4.69, 9.17) is 29.7 Å². The van der Waals surface area contributed by atoms with E-state index in [0.29, 0.717) is 6.42 Å². The van der Waals surface area contributed by atoms with Gasteiger partial charge in [0, 0.05) is 0 Å². The van der Waals surface area contributed by atoms with E-state index in [-0.39, 0.29) is 6.10 Å². The van der Waals surface area contributed by atoms with Crippen LogP contribution in [0.3, 0.4) is 0 Å². The summed E-state index contributed by atoms with van der Waals surface area (Å²) in [5.74, 6) is 0. The van der Waals surface area contributed by atoms with Gasteiger partial charge in [0.25, 0.3) is 0 Å². The fourth-order valence-corrected chi connectivity index (χ4v) is 4.06. The normalized spacial score (nSPS) is 10.8. The van der Waals surface area contributed by atoms with Crippen LogP contribution in [0.5, 0.6) is 0 Å². The van der Waals surface area contributed by atoms with E-state index < -0.39 is 7.12 Å². The quantitative estimate of drug-likeness (QED) is 0.229. The van der Waals surface area contributed by atoms with E-state index in [9.17, 15) is 0 Å². The number of hydrogen-bond donors (Lipinski definition) is 1. The molecule has 0 radical (unpaired) electrons. The van der Waals surface area contributed by atoms with E-state index in [1.54, 1.807) is 25.2 Å². The molecule has 0 aliphatic rings. The molecule has 0 spiro atoms. The third-order valence-corrected chi connectivity index (χ3v) is 5.23. The van der Waals surface area contributed by atoms with Crippen LogP contribution in [0.1, 0.15) is 47.5 Å². The average molecular weight is 546 g/mol. The van der Waals surface area contributed by atoms with Crippen molar-refractivity contribution in [2.45, 2.75) is 61.0 Å². The minimum absolute atomic E-state index is 0.326. The van der Waals surface area contributed by atoms with Crippen LogP contribution in [0.4, 0.5) is 0 Å². The molecule has 3 heterocycles. The topological polar surface area (TPSA) is 113 Å². The number of aliphatic hydroxyl groups excluding tert-OH is 1. The first-order valence-electron chi connectivity index (χ1n) is 10.5. The van der Waals surface area contributed by atoms with E-state index in [0.717, 1.165) is 34.2 Å². The van der Waals surface area contributed by atoms with Gasteiger partial charge in [-0.05, 0) is 76.8 Å². The Kier molecular flexibility index (Phi) is 14.8. The molecular formula is C23H31BMoN6O3. The predicted molar refractivity (Wildman–Crippen MR) is 126 cm³/mol. The molecule has 3 rings (SSSR count). The van der Waals surface area contributed by atoms with Gasteiger partial charge in [-0.25, -0.2) is 15.3 Å². The van der Waals surface area contributed by atoms with Crippen molar-refractivity contribution < 1.29 is 33.6 Å². The van der Waals surface area contributed by atoms with Gasteiger partial charge in [0.15, 0.2) is 0 Å². The molecule has 0 amide bonds. The van der Waals surface area contributed by atoms with Crippen molar-refractivity contribution in [3.05, 3.63) is 77.8 Å². The number of hydrogen-bond acceptors (Lipinski definition) is 4. The van der Waals surface area contributed by atoms with Crippen LogP contribution in [0.15, 0.2) is 30.4 Å². The predicted octanol–water partition coefficient (Wildman–Crippen LogP) is 2.53. The maximum absolute atomic E-state index is 8.90. The molecule has 0 saturated heterocycles. The van der Waals surface area contributed by atoms with Gasteiger partial charge in [0.2, 0.25) is 0 Å². The molecule has 3 aromatic heterocycles. The number of aryl methyl sites for hydroxylation is 6. The molecule has 11 heteroatoms. The van der Waals surface area contributed by atoms with Crippen LogP contribution >= 0.6 is 0 Å². The van der Waals surface area contributed by atoms with Crippen LogP contribution in [0.25, 0.3) is 0 Å². The summed E-state index contributed by atoms with van der Waals surface area (Å²) in [6, 6.07) is 6.28. The van der Waals surface area contributed by atoms with E-state index >= 15 is 0 Å². The molecule has 9 nitrogen and oxygen atoms in total. The van der Waals surface area contributed by atoms with Gasteiger partial charge in [-0.3, -0.25) is 0 Å². The Morgan fingerprint density at radius 2 is 1.21 bits per heavy atom. The molecule has 34 heavy (non-hydrogen) atoms. The fraction of sp³-hybridized carbons (Fsp3) is 0.391. The standard InChI is InChI=1S/C15H22BN6.C6H9O.2CO.Mo/c1-10-7-13(4)20(17-10)16(21-14(5)8-11(2)18-21)22-15(6)9-12(3)19-22;1-3-5-6(7)4-2;2*1-2;/h7-9,16H,1-6H3;3,5-7H,4H2,1H3;;;/q-1;;;;+1/b;5-3+;;;. The number of aliphatic hydroxyl groups is 1. The van der Waals surface area contributed by atoms with Crippen molar-refractivity contribution in [3.8, 4) is 4.20 Å². The van der Waals surface area contributed by atoms with Crippen LogP contribution in [0, 0.1) is 59.0 Å². The molecule has 0 bridgehead atoms. The van der Waals surface area contributed by atoms with Crippen molar-refractivity contribution in [1.82, 2.24) is 29.1 Å². The Morgan fingerprint density at radius 3 is 1.41 bits per heavy atom. The summed E-state index contributed by atoms with van der Waals surface area (Å²) in [5, 5.41) is 23.0. The molecule has 0 aromatic carbocycles. The van der Waals surface area contributed by atoms with E-state index in [1.165, 1.54) is 0 Å². The van der Waals surface area contributed by atoms with Crippen molar-refractivity contribution in [1.29, 1.82) is 0 Å². The summed E-state index contributed by atoms with van der Waals surface area (Å²) >= 11 is 1.75. The van der Waals surface area contributed by atoms with Crippen molar-refractivity contribution >= 4 is 7.12 Å². The van der Waals surface area contributed by atoms with E-state index in [2.05, 4.69) is 70.3 Å². The van der Waals surface area contributed by atoms with Crippen molar-refractivity contribution in [2.75, 3.05) is 0 Å². The number of allylic oxidation sites excluding steroid dienone is 1. The summed E-state index contributed by atoms with van der Waals surface area (Å²) in [4.78, 5) is 0. The Morgan fingerprint density at radius 1 is 0.882 bits per heavy atom. The Hall–Kier alpha value is -2.66. The summed E-state index contributed by atoms with van der Waals surface area (Å²) in [6.07, 6.45) is 3.89. The van der Waals surface area contributed by atoms with Gasteiger partial charge >= 0.3 is 89.8 Å². The maximum atomic E-state index is 8.90. The first-order valence-corrected chi connectivity index (χ1v) is 11.5. The van der Waals surface area contributed by atoms with Crippen LogP contribution in [0.2, 0.25) is 0 Å². The molecule has 0 saturated carbocycles. The van der Waals surface area contributed by atoms with Gasteiger partial charge in [-0.15, -0.1) is 0 Å². The Labute approximate surface area is 212 Å². The van der Waals surface area contributed by atoms with Crippen molar-refractivity contribution in [3.63, 3.8) is 0 Å². The number of aromatic nitrogens is 6. The Balaban J connectivity index is 0.000000769. The third kappa shape index (κ3) is 8.94. The molecule has 1 atom stereocenters. The second-order valence-corrected chi connectivity index (χ2v) is 8.36. The summed E-state index contributed by atoms with van der Waals surface area (Å²) in [5.41, 5.74) is 6.40. The molecular weight excluding hydrogens is 515 g/mol. The Bertz CT molecular complexity index is 1040. The minimum atomic E-state index is -1.26.